The Morgan fingerprint density at radius 2 is 2.07 bits per heavy atom. The molecule has 1 heterocycles. The Balaban J connectivity index is 2.58. The first-order valence-electron chi connectivity index (χ1n) is 5.01. The highest BCUT2D eigenvalue weighted by molar-refractivity contribution is 9.10. The minimum atomic E-state index is 0.891. The Hall–Kier alpha value is -1.09. The van der Waals surface area contributed by atoms with Crippen LogP contribution in [-0.2, 0) is 6.54 Å². The second kappa shape index (κ2) is 4.19. The van der Waals surface area contributed by atoms with Crippen molar-refractivity contribution >= 4 is 15.9 Å². The summed E-state index contributed by atoms with van der Waals surface area (Å²) in [7, 11) is 0. The van der Waals surface area contributed by atoms with Crippen molar-refractivity contribution in [3.63, 3.8) is 0 Å². The molecule has 3 heteroatoms. The maximum Gasteiger partial charge on any atom is 0.141 e. The van der Waals surface area contributed by atoms with E-state index in [2.05, 4.69) is 51.5 Å². The van der Waals surface area contributed by atoms with E-state index >= 15 is 0 Å². The van der Waals surface area contributed by atoms with Crippen LogP contribution in [0.15, 0.2) is 35.1 Å². The molecule has 0 atom stereocenters. The van der Waals surface area contributed by atoms with Crippen LogP contribution in [0, 0.1) is 6.92 Å². The lowest BCUT2D eigenvalue weighted by Gasteiger charge is -2.06. The number of halogens is 1. The Bertz CT molecular complexity index is 474. The summed E-state index contributed by atoms with van der Waals surface area (Å²) in [6, 6.07) is 8.31. The van der Waals surface area contributed by atoms with E-state index < -0.39 is 0 Å². The molecular weight excluding hydrogens is 252 g/mol. The molecule has 0 aliphatic carbocycles. The largest absolute Gasteiger partial charge is 0.330 e. The Morgan fingerprint density at radius 3 is 2.73 bits per heavy atom. The van der Waals surface area contributed by atoms with Crippen molar-refractivity contribution < 1.29 is 0 Å². The summed E-state index contributed by atoms with van der Waals surface area (Å²) < 4.78 is 3.04. The molecule has 0 saturated carbocycles. The Morgan fingerprint density at radius 1 is 1.33 bits per heavy atom. The molecule has 0 saturated heterocycles. The van der Waals surface area contributed by atoms with E-state index in [1.807, 2.05) is 18.3 Å². The monoisotopic (exact) mass is 264 g/mol. The maximum atomic E-state index is 4.49. The van der Waals surface area contributed by atoms with Crippen molar-refractivity contribution in [1.29, 1.82) is 0 Å². The SMILES string of the molecule is CCn1cc(Br)nc1-c1ccccc1C. The molecular formula is C12H13BrN2. The van der Waals surface area contributed by atoms with Gasteiger partial charge in [0.2, 0.25) is 0 Å². The predicted molar refractivity (Wildman–Crippen MR) is 65.8 cm³/mol. The van der Waals surface area contributed by atoms with E-state index in [9.17, 15) is 0 Å². The Labute approximate surface area is 98.1 Å². The zero-order chi connectivity index (χ0) is 10.8. The van der Waals surface area contributed by atoms with Crippen LogP contribution < -0.4 is 0 Å². The molecule has 0 unspecified atom stereocenters. The first-order valence-corrected chi connectivity index (χ1v) is 5.80. The molecule has 0 N–H and O–H groups in total. The standard InChI is InChI=1S/C12H13BrN2/c1-3-15-8-11(13)14-12(15)10-7-5-4-6-9(10)2/h4-8H,3H2,1-2H3. The van der Waals surface area contributed by atoms with Crippen molar-refractivity contribution in [2.45, 2.75) is 20.4 Å². The van der Waals surface area contributed by atoms with Gasteiger partial charge in [-0.05, 0) is 35.3 Å². The summed E-state index contributed by atoms with van der Waals surface area (Å²) in [5.41, 5.74) is 2.45. The van der Waals surface area contributed by atoms with Crippen molar-refractivity contribution in [3.8, 4) is 11.4 Å². The smallest absolute Gasteiger partial charge is 0.141 e. The zero-order valence-corrected chi connectivity index (χ0v) is 10.5. The molecule has 0 aliphatic heterocycles. The fraction of sp³-hybridized carbons (Fsp3) is 0.250. The normalized spacial score (nSPS) is 10.6. The van der Waals surface area contributed by atoms with Gasteiger partial charge in [0, 0.05) is 18.3 Å². The molecule has 0 amide bonds. The summed E-state index contributed by atoms with van der Waals surface area (Å²) in [6.45, 7) is 5.16. The molecule has 0 radical (unpaired) electrons. The number of hydrogen-bond donors (Lipinski definition) is 0. The molecule has 15 heavy (non-hydrogen) atoms. The number of imidazole rings is 1. The van der Waals surface area contributed by atoms with Gasteiger partial charge in [-0.2, -0.15) is 0 Å². The van der Waals surface area contributed by atoms with Crippen LogP contribution in [0.3, 0.4) is 0 Å². The van der Waals surface area contributed by atoms with Gasteiger partial charge in [-0.25, -0.2) is 4.98 Å². The first kappa shape index (κ1) is 10.4. The van der Waals surface area contributed by atoms with E-state index in [1.165, 1.54) is 11.1 Å². The summed E-state index contributed by atoms with van der Waals surface area (Å²) in [5, 5.41) is 0. The fourth-order valence-electron chi connectivity index (χ4n) is 1.66. The molecule has 0 spiro atoms. The van der Waals surface area contributed by atoms with Crippen LogP contribution in [0.2, 0.25) is 0 Å². The third-order valence-electron chi connectivity index (χ3n) is 2.47. The molecule has 0 bridgehead atoms. The van der Waals surface area contributed by atoms with E-state index in [4.69, 9.17) is 0 Å². The lowest BCUT2D eigenvalue weighted by atomic mass is 10.1. The predicted octanol–water partition coefficient (Wildman–Crippen LogP) is 3.64. The molecule has 1 aromatic heterocycles. The lowest BCUT2D eigenvalue weighted by Crippen LogP contribution is -1.97. The number of aromatic nitrogens is 2. The highest BCUT2D eigenvalue weighted by Crippen LogP contribution is 2.24. The van der Waals surface area contributed by atoms with Gasteiger partial charge >= 0.3 is 0 Å². The molecule has 2 rings (SSSR count). The van der Waals surface area contributed by atoms with Crippen LogP contribution in [0.25, 0.3) is 11.4 Å². The molecule has 0 fully saturated rings. The summed E-state index contributed by atoms with van der Waals surface area (Å²) in [5.74, 6) is 1.03. The fourth-order valence-corrected chi connectivity index (χ4v) is 2.08. The second-order valence-electron chi connectivity index (χ2n) is 3.49. The zero-order valence-electron chi connectivity index (χ0n) is 8.87. The van der Waals surface area contributed by atoms with Gasteiger partial charge in [-0.15, -0.1) is 0 Å². The average molecular weight is 265 g/mol. The van der Waals surface area contributed by atoms with Gasteiger partial charge in [0.25, 0.3) is 0 Å². The number of nitrogens with zero attached hydrogens (tertiary/aromatic N) is 2. The lowest BCUT2D eigenvalue weighted by molar-refractivity contribution is 0.770. The molecule has 2 nitrogen and oxygen atoms in total. The van der Waals surface area contributed by atoms with Crippen molar-refractivity contribution in [3.05, 3.63) is 40.6 Å². The van der Waals surface area contributed by atoms with Crippen molar-refractivity contribution in [1.82, 2.24) is 9.55 Å². The number of rotatable bonds is 2. The topological polar surface area (TPSA) is 17.8 Å². The third kappa shape index (κ3) is 1.97. The van der Waals surface area contributed by atoms with E-state index in [0.29, 0.717) is 0 Å². The van der Waals surface area contributed by atoms with Gasteiger partial charge < -0.3 is 4.57 Å². The Kier molecular flexibility index (Phi) is 2.91. The molecule has 2 aromatic rings. The van der Waals surface area contributed by atoms with Gasteiger partial charge in [0.15, 0.2) is 0 Å². The summed E-state index contributed by atoms with van der Waals surface area (Å²) in [4.78, 5) is 4.49. The van der Waals surface area contributed by atoms with Crippen LogP contribution in [0.1, 0.15) is 12.5 Å². The van der Waals surface area contributed by atoms with Gasteiger partial charge in [-0.3, -0.25) is 0 Å². The van der Waals surface area contributed by atoms with E-state index in [0.717, 1.165) is 17.0 Å². The number of benzene rings is 1. The second-order valence-corrected chi connectivity index (χ2v) is 4.30. The van der Waals surface area contributed by atoms with Gasteiger partial charge in [-0.1, -0.05) is 24.3 Å². The van der Waals surface area contributed by atoms with Crippen molar-refractivity contribution in [2.75, 3.05) is 0 Å². The average Bonchev–Trinajstić information content (AvgIpc) is 2.60. The van der Waals surface area contributed by atoms with Crippen LogP contribution in [-0.4, -0.2) is 9.55 Å². The van der Waals surface area contributed by atoms with Crippen LogP contribution in [0.4, 0.5) is 0 Å². The number of hydrogen-bond acceptors (Lipinski definition) is 1. The highest BCUT2D eigenvalue weighted by Gasteiger charge is 2.09. The maximum absolute atomic E-state index is 4.49. The summed E-state index contributed by atoms with van der Waals surface area (Å²) in [6.07, 6.45) is 2.02. The van der Waals surface area contributed by atoms with Crippen molar-refractivity contribution in [2.24, 2.45) is 0 Å². The van der Waals surface area contributed by atoms with E-state index in [-0.39, 0.29) is 0 Å². The minimum Gasteiger partial charge on any atom is -0.330 e. The highest BCUT2D eigenvalue weighted by atomic mass is 79.9. The number of aryl methyl sites for hydroxylation is 2. The first-order chi connectivity index (χ1) is 7.22. The van der Waals surface area contributed by atoms with Crippen LogP contribution >= 0.6 is 15.9 Å². The van der Waals surface area contributed by atoms with Gasteiger partial charge in [0.05, 0.1) is 0 Å². The summed E-state index contributed by atoms with van der Waals surface area (Å²) >= 11 is 3.41. The minimum absolute atomic E-state index is 0.891. The van der Waals surface area contributed by atoms with E-state index in [1.54, 1.807) is 0 Å². The van der Waals surface area contributed by atoms with Crippen LogP contribution in [0.5, 0.6) is 0 Å². The van der Waals surface area contributed by atoms with Gasteiger partial charge in [0.1, 0.15) is 10.4 Å². The third-order valence-corrected chi connectivity index (χ3v) is 2.86. The molecule has 78 valence electrons. The molecule has 0 aliphatic rings. The molecule has 1 aromatic carbocycles. The quantitative estimate of drug-likeness (QED) is 0.810.